The fourth-order valence-electron chi connectivity index (χ4n) is 7.90. The number of carbonyl (C=O) groups is 5. The van der Waals surface area contributed by atoms with Crippen LogP contribution in [0.5, 0.6) is 0 Å². The maximum absolute atomic E-state index is 12.4. The van der Waals surface area contributed by atoms with Gasteiger partial charge in [-0.15, -0.1) is 0 Å². The summed E-state index contributed by atoms with van der Waals surface area (Å²) in [4.78, 5) is 59.1. The molecule has 0 heterocycles. The largest absolute Gasteiger partial charge is 1.00 e. The van der Waals surface area contributed by atoms with Crippen LogP contribution in [0.15, 0.2) is 140 Å². The van der Waals surface area contributed by atoms with Crippen molar-refractivity contribution < 1.29 is 70.6 Å². The molecule has 0 saturated heterocycles. The van der Waals surface area contributed by atoms with Crippen molar-refractivity contribution in [2.45, 2.75) is 249 Å². The van der Waals surface area contributed by atoms with Gasteiger partial charge in [-0.2, -0.15) is 6.42 Å². The first-order valence-electron chi connectivity index (χ1n) is 35.9. The molecular formula is C83H134Br4LiNO11Si2. The Labute approximate surface area is 669 Å². The number of aryl methyl sites for hydroxylation is 3. The average molecular weight is 1700 g/mol. The predicted molar refractivity (Wildman–Crippen MR) is 448 cm³/mol. The third kappa shape index (κ3) is 56.1. The molecule has 574 valence electrons. The molecule has 0 saturated carbocycles. The van der Waals surface area contributed by atoms with Gasteiger partial charge >= 0.3 is 42.7 Å². The third-order valence-corrected chi connectivity index (χ3v) is 28.2. The second-order valence-electron chi connectivity index (χ2n) is 30.2. The standard InChI is InChI=1S/C22H33BrO4.C17H30OSi.C15H21BrO2.C9H21OSi.C8H15NO2.C8H8.C4H6Br2O.Li/c1-5-15-26-20(25)22(4,23)17-21(2,3)19(24)27-16-11-7-10-14-18-12-8-6-9-13-18;1-17(2,3)19(4,5)18-15-11-7-10-14-16-12-8-6-9-13-16;1-15(2,16)14(17)18-12-8-4-7-11-13-9-5-3-6-10-13;1-7-8-10-11(5,6)9(2,3)4;1-7(2)8(10)11-6-5-9(3)4;1-2-8-6-4-3-5-7-8;1-4(2,6)3(5)7;/h6,8-9,12-13H,5,7,10-11,14-17H2,1-4H3;6,8-9,12-13H,7,10-11,14-15H2,1-5H3;3,5-6,9-10H,4,7-8,11-12H2,1-2H3;1,7-8H2,2-6H3;1,5-6H2,2-4H3;2-7H,1H2;1-2H3;/q;;;-1;;;;+1. The summed E-state index contributed by atoms with van der Waals surface area (Å²) in [6.45, 7) is 54.0. The van der Waals surface area contributed by atoms with E-state index < -0.39 is 35.0 Å². The summed E-state index contributed by atoms with van der Waals surface area (Å²) in [5.74, 6) is -1.12. The van der Waals surface area contributed by atoms with Gasteiger partial charge in [0.1, 0.15) is 15.3 Å². The number of hydrogen-bond acceptors (Lipinski definition) is 12. The van der Waals surface area contributed by atoms with Crippen molar-refractivity contribution >= 4 is 115 Å². The summed E-state index contributed by atoms with van der Waals surface area (Å²) in [6.07, 6.45) is 17.0. The van der Waals surface area contributed by atoms with Crippen LogP contribution in [0.2, 0.25) is 36.3 Å². The first-order valence-corrected chi connectivity index (χ1v) is 44.9. The molecular weight excluding hydrogens is 1570 g/mol. The van der Waals surface area contributed by atoms with E-state index in [0.29, 0.717) is 48.5 Å². The normalized spacial score (nSPS) is 12.0. The number of carbonyl (C=O) groups excluding carboxylic acids is 5. The predicted octanol–water partition coefficient (Wildman–Crippen LogP) is 20.3. The van der Waals surface area contributed by atoms with Gasteiger partial charge in [0.15, 0.2) is 16.6 Å². The van der Waals surface area contributed by atoms with Gasteiger partial charge in [-0.3, -0.25) is 19.2 Å². The van der Waals surface area contributed by atoms with Gasteiger partial charge in [0.2, 0.25) is 4.69 Å². The summed E-state index contributed by atoms with van der Waals surface area (Å²) in [5, 5.41) is 0.666. The number of likely N-dealkylation sites (N-methyl/N-ethyl adjacent to an activating group) is 1. The van der Waals surface area contributed by atoms with Crippen molar-refractivity contribution in [1.82, 2.24) is 4.90 Å². The van der Waals surface area contributed by atoms with Gasteiger partial charge in [-0.25, -0.2) is 4.79 Å². The number of alkyl halides is 3. The van der Waals surface area contributed by atoms with Crippen LogP contribution in [-0.4, -0.2) is 123 Å². The summed E-state index contributed by atoms with van der Waals surface area (Å²) < 4.78 is 30.8. The number of ether oxygens (including phenoxy) is 4. The minimum atomic E-state index is -1.53. The van der Waals surface area contributed by atoms with Crippen molar-refractivity contribution in [2.24, 2.45) is 5.41 Å². The van der Waals surface area contributed by atoms with Crippen LogP contribution in [0, 0.1) is 12.3 Å². The molecule has 0 bridgehead atoms. The number of hydrogen-bond donors (Lipinski definition) is 0. The van der Waals surface area contributed by atoms with E-state index in [-0.39, 0.29) is 47.4 Å². The van der Waals surface area contributed by atoms with Gasteiger partial charge in [-0.05, 0) is 227 Å². The van der Waals surface area contributed by atoms with E-state index >= 15 is 0 Å². The van der Waals surface area contributed by atoms with E-state index in [1.807, 2.05) is 74.5 Å². The zero-order valence-electron chi connectivity index (χ0n) is 67.3. The van der Waals surface area contributed by atoms with Crippen LogP contribution >= 0.6 is 63.7 Å². The van der Waals surface area contributed by atoms with Crippen LogP contribution in [0.1, 0.15) is 203 Å². The van der Waals surface area contributed by atoms with E-state index in [9.17, 15) is 24.0 Å². The third-order valence-electron chi connectivity index (χ3n) is 16.3. The van der Waals surface area contributed by atoms with Gasteiger partial charge in [-0.1, -0.05) is 243 Å². The summed E-state index contributed by atoms with van der Waals surface area (Å²) in [7, 11) is 0.856. The first kappa shape index (κ1) is 105. The topological polar surface area (TPSA) is 144 Å². The van der Waals surface area contributed by atoms with Crippen molar-refractivity contribution in [3.05, 3.63) is 169 Å². The summed E-state index contributed by atoms with van der Waals surface area (Å²) in [6, 6.07) is 41.6. The van der Waals surface area contributed by atoms with Crippen LogP contribution in [0.4, 0.5) is 0 Å². The van der Waals surface area contributed by atoms with Crippen LogP contribution in [0.3, 0.4) is 0 Å². The number of esters is 4. The molecule has 4 aromatic rings. The maximum atomic E-state index is 12.4. The summed E-state index contributed by atoms with van der Waals surface area (Å²) in [5.41, 5.74) is 5.01. The minimum absolute atomic E-state index is 0. The maximum Gasteiger partial charge on any atom is 1.00 e. The Morgan fingerprint density at radius 2 is 0.833 bits per heavy atom. The molecule has 0 aliphatic heterocycles. The van der Waals surface area contributed by atoms with Gasteiger partial charge in [0.25, 0.3) is 0 Å². The van der Waals surface area contributed by atoms with Crippen molar-refractivity contribution in [2.75, 3.05) is 60.3 Å². The molecule has 1 atom stereocenters. The number of halogens is 4. The van der Waals surface area contributed by atoms with Crippen molar-refractivity contribution in [1.29, 1.82) is 0 Å². The smallest absolute Gasteiger partial charge is 0.465 e. The SMILES string of the molecule is C=C(C)C(=O)OCCN(C)C.C=Cc1ccccc1.CC(C)(Br)C(=O)Br.CC(C)(Br)C(=O)OCCCCCc1ccccc1.CC(C)(C)[Si](C)(C)OCCCCCc1ccccc1.CCCOC(=O)C(C)(Br)CC(C)(C)C(=O)OCCCCCc1ccccc1.[CH2-]CCO[Si](C)(C)C(C)(C)C.[Li+]. The molecule has 0 aromatic heterocycles. The number of nitrogens with zero attached hydrogens (tertiary/aromatic N) is 1. The van der Waals surface area contributed by atoms with Crippen LogP contribution < -0.4 is 18.9 Å². The van der Waals surface area contributed by atoms with E-state index in [2.05, 4.69) is 230 Å². The van der Waals surface area contributed by atoms with E-state index in [1.165, 1.54) is 47.9 Å². The quantitative estimate of drug-likeness (QED) is 0.00632. The average Bonchev–Trinajstić information content (AvgIpc) is 0.836. The number of rotatable bonds is 35. The molecule has 1 unspecified atom stereocenters. The Kier molecular flexibility index (Phi) is 58.7. The van der Waals surface area contributed by atoms with Gasteiger partial charge in [0.05, 0.1) is 29.6 Å². The Hall–Kier alpha value is -3.26. The van der Waals surface area contributed by atoms with Crippen LogP contribution in [-0.2, 0) is 71.0 Å². The first-order chi connectivity index (χ1) is 46.7. The second-order valence-corrected chi connectivity index (χ2v) is 46.2. The zero-order valence-corrected chi connectivity index (χ0v) is 75.6. The second kappa shape index (κ2) is 56.9. The molecule has 0 aliphatic carbocycles. The Morgan fingerprint density at radius 3 is 1.14 bits per heavy atom. The molecule has 0 N–H and O–H groups in total. The molecule has 12 nitrogen and oxygen atoms in total. The molecule has 19 heteroatoms. The van der Waals surface area contributed by atoms with Crippen molar-refractivity contribution in [3.8, 4) is 0 Å². The Morgan fingerprint density at radius 1 is 0.490 bits per heavy atom. The molecule has 0 radical (unpaired) electrons. The Balaban J connectivity index is -0.000000574. The molecule has 0 aliphatic rings. The molecule has 0 fully saturated rings. The zero-order chi connectivity index (χ0) is 78.0. The molecule has 4 aromatic carbocycles. The monoisotopic (exact) mass is 1700 g/mol. The van der Waals surface area contributed by atoms with Gasteiger partial charge in [0, 0.05) is 25.3 Å². The van der Waals surface area contributed by atoms with Crippen molar-refractivity contribution in [3.63, 3.8) is 0 Å². The Bertz CT molecular complexity index is 2840. The fraction of sp³-hybridized carbons (Fsp3) is 0.590. The molecule has 0 amide bonds. The fourth-order valence-corrected chi connectivity index (χ4v) is 11.0. The minimum Gasteiger partial charge on any atom is -0.465 e. The van der Waals surface area contributed by atoms with E-state index in [0.717, 1.165) is 84.0 Å². The van der Waals surface area contributed by atoms with Gasteiger partial charge < -0.3 is 39.6 Å². The molecule has 0 spiro atoms. The van der Waals surface area contributed by atoms with E-state index in [4.69, 9.17) is 27.8 Å². The number of unbranched alkanes of at least 4 members (excludes halogenated alkanes) is 6. The summed E-state index contributed by atoms with van der Waals surface area (Å²) >= 11 is 12.7. The molecule has 4 rings (SSSR count). The molecule has 102 heavy (non-hydrogen) atoms. The van der Waals surface area contributed by atoms with Crippen LogP contribution in [0.25, 0.3) is 6.08 Å². The van der Waals surface area contributed by atoms with E-state index in [1.54, 1.807) is 55.4 Å². The number of benzene rings is 4.